The van der Waals surface area contributed by atoms with Crippen molar-refractivity contribution in [1.29, 1.82) is 0 Å². The predicted octanol–water partition coefficient (Wildman–Crippen LogP) is 4.66. The van der Waals surface area contributed by atoms with Crippen molar-refractivity contribution in [2.75, 3.05) is 12.4 Å². The Morgan fingerprint density at radius 2 is 1.90 bits per heavy atom. The summed E-state index contributed by atoms with van der Waals surface area (Å²) >= 11 is 2.94. The highest BCUT2D eigenvalue weighted by Gasteiger charge is 2.08. The van der Waals surface area contributed by atoms with Gasteiger partial charge in [-0.05, 0) is 46.1 Å². The predicted molar refractivity (Wildman–Crippen MR) is 79.1 cm³/mol. The molecule has 20 heavy (non-hydrogen) atoms. The highest BCUT2D eigenvalue weighted by atomic mass is 79.9. The molecule has 0 bridgehead atoms. The Balaban J connectivity index is 2.13. The molecular formula is C15H14BrF2NO. The fraction of sp³-hybridized carbons (Fsp3) is 0.200. The maximum atomic E-state index is 13.7. The maximum absolute atomic E-state index is 13.7. The number of rotatable bonds is 4. The molecule has 0 aromatic heterocycles. The van der Waals surface area contributed by atoms with Crippen LogP contribution in [0.1, 0.15) is 11.1 Å². The molecule has 5 heteroatoms. The molecule has 0 spiro atoms. The molecule has 0 amide bonds. The summed E-state index contributed by atoms with van der Waals surface area (Å²) in [5.74, 6) is -0.196. The normalized spacial score (nSPS) is 10.4. The molecule has 0 aliphatic heterocycles. The van der Waals surface area contributed by atoms with Gasteiger partial charge in [-0.2, -0.15) is 0 Å². The fourth-order valence-corrected chi connectivity index (χ4v) is 2.22. The topological polar surface area (TPSA) is 21.3 Å². The number of anilines is 1. The Morgan fingerprint density at radius 1 is 1.15 bits per heavy atom. The van der Waals surface area contributed by atoms with Gasteiger partial charge in [0.2, 0.25) is 0 Å². The number of hydrogen-bond acceptors (Lipinski definition) is 2. The van der Waals surface area contributed by atoms with Crippen LogP contribution < -0.4 is 10.1 Å². The van der Waals surface area contributed by atoms with Crippen molar-refractivity contribution >= 4 is 21.6 Å². The maximum Gasteiger partial charge on any atom is 0.147 e. The Bertz CT molecular complexity index is 632. The van der Waals surface area contributed by atoms with Gasteiger partial charge >= 0.3 is 0 Å². The zero-order chi connectivity index (χ0) is 14.7. The van der Waals surface area contributed by atoms with E-state index in [2.05, 4.69) is 21.2 Å². The third-order valence-corrected chi connectivity index (χ3v) is 3.56. The average Bonchev–Trinajstić information content (AvgIpc) is 2.41. The first-order chi connectivity index (χ1) is 9.51. The first kappa shape index (κ1) is 14.8. The Kier molecular flexibility index (Phi) is 4.60. The number of benzene rings is 2. The summed E-state index contributed by atoms with van der Waals surface area (Å²) in [7, 11) is 1.61. The molecule has 106 valence electrons. The monoisotopic (exact) mass is 341 g/mol. The molecule has 1 N–H and O–H groups in total. The minimum Gasteiger partial charge on any atom is -0.496 e. The average molecular weight is 342 g/mol. The van der Waals surface area contributed by atoms with E-state index in [0.717, 1.165) is 29.0 Å². The number of hydrogen-bond donors (Lipinski definition) is 1. The van der Waals surface area contributed by atoms with Gasteiger partial charge in [0.25, 0.3) is 0 Å². The van der Waals surface area contributed by atoms with Crippen LogP contribution >= 0.6 is 15.9 Å². The van der Waals surface area contributed by atoms with Crippen molar-refractivity contribution in [3.05, 3.63) is 57.6 Å². The zero-order valence-corrected chi connectivity index (χ0v) is 12.7. The van der Waals surface area contributed by atoms with Gasteiger partial charge in [-0.1, -0.05) is 12.1 Å². The van der Waals surface area contributed by atoms with Gasteiger partial charge in [0, 0.05) is 12.6 Å². The second-order valence-corrected chi connectivity index (χ2v) is 5.26. The van der Waals surface area contributed by atoms with Gasteiger partial charge < -0.3 is 10.1 Å². The second kappa shape index (κ2) is 6.22. The lowest BCUT2D eigenvalue weighted by Gasteiger charge is -2.11. The van der Waals surface area contributed by atoms with Gasteiger partial charge in [0.15, 0.2) is 0 Å². The highest BCUT2D eigenvalue weighted by molar-refractivity contribution is 9.10. The number of halogens is 3. The van der Waals surface area contributed by atoms with E-state index in [1.54, 1.807) is 7.11 Å². The van der Waals surface area contributed by atoms with Crippen molar-refractivity contribution in [2.24, 2.45) is 0 Å². The van der Waals surface area contributed by atoms with Crippen molar-refractivity contribution in [1.82, 2.24) is 0 Å². The van der Waals surface area contributed by atoms with Gasteiger partial charge in [-0.3, -0.25) is 0 Å². The van der Waals surface area contributed by atoms with Crippen LogP contribution in [0, 0.1) is 18.6 Å². The number of aryl methyl sites for hydroxylation is 1. The van der Waals surface area contributed by atoms with Crippen molar-refractivity contribution in [3.63, 3.8) is 0 Å². The van der Waals surface area contributed by atoms with Crippen LogP contribution in [-0.2, 0) is 6.54 Å². The van der Waals surface area contributed by atoms with Gasteiger partial charge in [-0.25, -0.2) is 8.78 Å². The summed E-state index contributed by atoms with van der Waals surface area (Å²) in [5, 5.41) is 2.89. The van der Waals surface area contributed by atoms with E-state index < -0.39 is 11.6 Å². The van der Waals surface area contributed by atoms with Crippen LogP contribution in [0.25, 0.3) is 0 Å². The summed E-state index contributed by atoms with van der Waals surface area (Å²) in [5.41, 5.74) is 2.10. The Morgan fingerprint density at radius 3 is 2.55 bits per heavy atom. The van der Waals surface area contributed by atoms with Crippen LogP contribution in [0.5, 0.6) is 5.75 Å². The van der Waals surface area contributed by atoms with Crippen LogP contribution in [-0.4, -0.2) is 7.11 Å². The minimum absolute atomic E-state index is 0.112. The lowest BCUT2D eigenvalue weighted by atomic mass is 10.1. The minimum atomic E-state index is -0.500. The highest BCUT2D eigenvalue weighted by Crippen LogP contribution is 2.24. The van der Waals surface area contributed by atoms with E-state index in [1.165, 1.54) is 0 Å². The molecule has 0 fully saturated rings. The summed E-state index contributed by atoms with van der Waals surface area (Å²) in [6.07, 6.45) is 0. The van der Waals surface area contributed by atoms with E-state index >= 15 is 0 Å². The second-order valence-electron chi connectivity index (χ2n) is 4.40. The third kappa shape index (κ3) is 3.28. The van der Waals surface area contributed by atoms with Crippen molar-refractivity contribution in [3.8, 4) is 5.75 Å². The first-order valence-corrected chi connectivity index (χ1v) is 6.82. The summed E-state index contributed by atoms with van der Waals surface area (Å²) < 4.78 is 32.3. The summed E-state index contributed by atoms with van der Waals surface area (Å²) in [4.78, 5) is 0. The van der Waals surface area contributed by atoms with Crippen LogP contribution in [0.2, 0.25) is 0 Å². The van der Waals surface area contributed by atoms with E-state index in [4.69, 9.17) is 4.74 Å². The molecule has 0 atom stereocenters. The molecule has 0 aliphatic rings. The summed E-state index contributed by atoms with van der Waals surface area (Å²) in [6, 6.07) is 7.92. The summed E-state index contributed by atoms with van der Waals surface area (Å²) in [6.45, 7) is 2.34. The fourth-order valence-electron chi connectivity index (χ4n) is 1.91. The molecule has 2 aromatic rings. The van der Waals surface area contributed by atoms with E-state index in [-0.39, 0.29) is 10.2 Å². The molecule has 0 unspecified atom stereocenters. The molecule has 0 heterocycles. The molecule has 0 saturated heterocycles. The van der Waals surface area contributed by atoms with Gasteiger partial charge in [0.05, 0.1) is 17.3 Å². The molecule has 2 aromatic carbocycles. The first-order valence-electron chi connectivity index (χ1n) is 6.03. The lowest BCUT2D eigenvalue weighted by Crippen LogP contribution is -2.03. The van der Waals surface area contributed by atoms with Crippen molar-refractivity contribution < 1.29 is 13.5 Å². The molecule has 2 rings (SSSR count). The SMILES string of the molecule is COc1ccc(CNc2cc(F)c(Br)cc2F)cc1C. The standard InChI is InChI=1S/C15H14BrF2NO/c1-9-5-10(3-4-15(9)20-2)8-19-14-7-12(17)11(16)6-13(14)18/h3-7,19H,8H2,1-2H3. The Labute approximate surface area is 124 Å². The number of nitrogens with one attached hydrogen (secondary N) is 1. The molecule has 0 saturated carbocycles. The van der Waals surface area contributed by atoms with Crippen LogP contribution in [0.3, 0.4) is 0 Å². The molecule has 2 nitrogen and oxygen atoms in total. The number of ether oxygens (including phenoxy) is 1. The van der Waals surface area contributed by atoms with Gasteiger partial charge in [0.1, 0.15) is 17.4 Å². The molecule has 0 aliphatic carbocycles. The van der Waals surface area contributed by atoms with Gasteiger partial charge in [-0.15, -0.1) is 0 Å². The van der Waals surface area contributed by atoms with Crippen LogP contribution in [0.15, 0.2) is 34.8 Å². The molecular weight excluding hydrogens is 328 g/mol. The van der Waals surface area contributed by atoms with E-state index in [0.29, 0.717) is 6.54 Å². The third-order valence-electron chi connectivity index (χ3n) is 2.95. The van der Waals surface area contributed by atoms with E-state index in [9.17, 15) is 8.78 Å². The zero-order valence-electron chi connectivity index (χ0n) is 11.1. The smallest absolute Gasteiger partial charge is 0.147 e. The van der Waals surface area contributed by atoms with Crippen molar-refractivity contribution in [2.45, 2.75) is 13.5 Å². The largest absolute Gasteiger partial charge is 0.496 e. The Hall–Kier alpha value is -1.62. The lowest BCUT2D eigenvalue weighted by molar-refractivity contribution is 0.411. The number of methoxy groups -OCH3 is 1. The molecule has 0 radical (unpaired) electrons. The van der Waals surface area contributed by atoms with Crippen LogP contribution in [0.4, 0.5) is 14.5 Å². The quantitative estimate of drug-likeness (QED) is 0.817. The van der Waals surface area contributed by atoms with E-state index in [1.807, 2.05) is 25.1 Å².